The predicted molar refractivity (Wildman–Crippen MR) is 60.5 cm³/mol. The van der Waals surface area contributed by atoms with Gasteiger partial charge in [0.25, 0.3) is 0 Å². The first-order valence-corrected chi connectivity index (χ1v) is 4.60. The molecular weight excluding hydrogens is 202 g/mol. The van der Waals surface area contributed by atoms with Gasteiger partial charge in [-0.3, -0.25) is 0 Å². The molecule has 2 nitrogen and oxygen atoms in total. The molecule has 0 bridgehead atoms. The lowest BCUT2D eigenvalue weighted by molar-refractivity contribution is 0.560. The normalized spacial score (nSPS) is 10.2. The molecule has 2 aromatic rings. The van der Waals surface area contributed by atoms with Gasteiger partial charge >= 0.3 is 0 Å². The van der Waals surface area contributed by atoms with Gasteiger partial charge in [-0.25, -0.2) is 0 Å². The highest BCUT2D eigenvalue weighted by molar-refractivity contribution is 8.10. The Bertz CT molecular complexity index is 417. The smallest absolute Gasteiger partial charge is 0.224 e. The van der Waals surface area contributed by atoms with E-state index in [-0.39, 0.29) is 4.38 Å². The van der Waals surface area contributed by atoms with E-state index in [1.807, 2.05) is 30.3 Å². The second-order valence-electron chi connectivity index (χ2n) is 2.59. The molecule has 0 radical (unpaired) electrons. The molecule has 2 rings (SSSR count). The summed E-state index contributed by atoms with van der Waals surface area (Å²) < 4.78 is 5.35. The minimum Gasteiger partial charge on any atom is -0.424 e. The van der Waals surface area contributed by atoms with Crippen LogP contribution in [0.15, 0.2) is 30.3 Å². The fourth-order valence-corrected chi connectivity index (χ4v) is 1.38. The minimum absolute atomic E-state index is 0.214. The Kier molecular flexibility index (Phi) is 2.24. The highest BCUT2D eigenvalue weighted by atomic mass is 32.1. The van der Waals surface area contributed by atoms with E-state index in [2.05, 4.69) is 17.6 Å². The molecule has 4 heteroatoms. The van der Waals surface area contributed by atoms with Gasteiger partial charge in [0.05, 0.1) is 0 Å². The lowest BCUT2D eigenvalue weighted by Gasteiger charge is -1.95. The van der Waals surface area contributed by atoms with Crippen LogP contribution in [0.5, 0.6) is 5.88 Å². The highest BCUT2D eigenvalue weighted by Crippen LogP contribution is 2.20. The summed E-state index contributed by atoms with van der Waals surface area (Å²) in [5.74, 6) is 0.626. The molecule has 1 aromatic heterocycles. The van der Waals surface area contributed by atoms with E-state index in [0.29, 0.717) is 5.88 Å². The molecule has 0 saturated heterocycles. The molecule has 0 aliphatic heterocycles. The summed E-state index contributed by atoms with van der Waals surface area (Å²) in [5, 5.41) is 1.10. The molecule has 0 fully saturated rings. The second-order valence-corrected chi connectivity index (χ2v) is 3.67. The number of nitrogens with one attached hydrogen (secondary N) is 1. The van der Waals surface area contributed by atoms with E-state index in [1.54, 1.807) is 0 Å². The van der Waals surface area contributed by atoms with Crippen molar-refractivity contribution in [2.45, 2.75) is 0 Å². The van der Waals surface area contributed by atoms with Crippen molar-refractivity contribution in [3.8, 4) is 5.88 Å². The van der Waals surface area contributed by atoms with Gasteiger partial charge in [-0.2, -0.15) is 0 Å². The zero-order valence-corrected chi connectivity index (χ0v) is 8.36. The quantitative estimate of drug-likeness (QED) is 0.557. The third-order valence-corrected chi connectivity index (χ3v) is 1.88. The van der Waals surface area contributed by atoms with Gasteiger partial charge in [0.2, 0.25) is 4.38 Å². The molecule has 0 aliphatic rings. The van der Waals surface area contributed by atoms with E-state index in [0.717, 1.165) is 10.9 Å². The molecule has 0 unspecified atom stereocenters. The third-order valence-electron chi connectivity index (χ3n) is 1.70. The van der Waals surface area contributed by atoms with Crippen LogP contribution in [0.25, 0.3) is 10.9 Å². The zero-order valence-electron chi connectivity index (χ0n) is 6.65. The zero-order chi connectivity index (χ0) is 9.26. The van der Waals surface area contributed by atoms with Crippen LogP contribution in [-0.4, -0.2) is 9.37 Å². The monoisotopic (exact) mass is 209 g/mol. The fourth-order valence-electron chi connectivity index (χ4n) is 1.20. The Morgan fingerprint density at radius 1 is 1.38 bits per heavy atom. The van der Waals surface area contributed by atoms with Gasteiger partial charge in [-0.15, -0.1) is 0 Å². The van der Waals surface area contributed by atoms with E-state index >= 15 is 0 Å². The first kappa shape index (κ1) is 8.59. The number of rotatable bonds is 1. The number of thiocarbonyl (C=S) groups is 1. The number of ether oxygens (including phenoxy) is 1. The summed E-state index contributed by atoms with van der Waals surface area (Å²) in [7, 11) is 0. The summed E-state index contributed by atoms with van der Waals surface area (Å²) in [6.45, 7) is 0. The maximum Gasteiger partial charge on any atom is 0.224 e. The van der Waals surface area contributed by atoms with Gasteiger partial charge in [-0.1, -0.05) is 30.8 Å². The van der Waals surface area contributed by atoms with Gasteiger partial charge in [0.15, 0.2) is 5.88 Å². The molecule has 13 heavy (non-hydrogen) atoms. The van der Waals surface area contributed by atoms with Crippen molar-refractivity contribution in [2.75, 3.05) is 0 Å². The van der Waals surface area contributed by atoms with Crippen LogP contribution in [0.1, 0.15) is 0 Å². The maximum atomic E-state index is 5.14. The number of benzene rings is 1. The van der Waals surface area contributed by atoms with E-state index in [9.17, 15) is 0 Å². The minimum atomic E-state index is 0.214. The summed E-state index contributed by atoms with van der Waals surface area (Å²) >= 11 is 8.58. The van der Waals surface area contributed by atoms with Crippen molar-refractivity contribution >= 4 is 40.1 Å². The first-order valence-electron chi connectivity index (χ1n) is 3.74. The number of H-pyrrole nitrogens is 1. The number of fused-ring (bicyclic) bond motifs is 1. The number of aromatic nitrogens is 1. The van der Waals surface area contributed by atoms with E-state index in [1.165, 1.54) is 0 Å². The Balaban J connectivity index is 2.44. The average Bonchev–Trinajstić information content (AvgIpc) is 2.44. The molecule has 1 aromatic carbocycles. The van der Waals surface area contributed by atoms with E-state index in [4.69, 9.17) is 17.0 Å². The van der Waals surface area contributed by atoms with Crippen molar-refractivity contribution in [1.29, 1.82) is 0 Å². The topological polar surface area (TPSA) is 25.0 Å². The Hall–Kier alpha value is -1.00. The van der Waals surface area contributed by atoms with Gasteiger partial charge < -0.3 is 9.72 Å². The third kappa shape index (κ3) is 1.84. The number of hydrogen-bond donors (Lipinski definition) is 2. The van der Waals surface area contributed by atoms with Crippen LogP contribution < -0.4 is 4.74 Å². The maximum absolute atomic E-state index is 5.14. The van der Waals surface area contributed by atoms with Gasteiger partial charge in [-0.05, 0) is 18.3 Å². The second kappa shape index (κ2) is 3.40. The predicted octanol–water partition coefficient (Wildman–Crippen LogP) is 2.76. The average molecular weight is 209 g/mol. The summed E-state index contributed by atoms with van der Waals surface area (Å²) in [5.41, 5.74) is 1.03. The number of para-hydroxylation sites is 1. The van der Waals surface area contributed by atoms with Gasteiger partial charge in [0.1, 0.15) is 0 Å². The lowest BCUT2D eigenvalue weighted by atomic mass is 10.3. The molecule has 0 atom stereocenters. The summed E-state index contributed by atoms with van der Waals surface area (Å²) in [6, 6.07) is 9.79. The number of thiol groups is 1. The number of aromatic amines is 1. The Morgan fingerprint density at radius 2 is 2.15 bits per heavy atom. The highest BCUT2D eigenvalue weighted by Gasteiger charge is 2.00. The van der Waals surface area contributed by atoms with Crippen molar-refractivity contribution < 1.29 is 4.74 Å². The standard InChI is InChI=1S/C9H7NOS2/c12-9(13)11-8-5-6-3-1-2-4-7(6)10-8/h1-5,10H,(H,12,13). The molecule has 0 amide bonds. The number of hydrogen-bond acceptors (Lipinski definition) is 2. The van der Waals surface area contributed by atoms with Gasteiger partial charge in [0, 0.05) is 17.0 Å². The largest absolute Gasteiger partial charge is 0.424 e. The molecule has 0 spiro atoms. The van der Waals surface area contributed by atoms with Crippen LogP contribution >= 0.6 is 24.8 Å². The molecule has 1 N–H and O–H groups in total. The Morgan fingerprint density at radius 3 is 2.85 bits per heavy atom. The van der Waals surface area contributed by atoms with E-state index < -0.39 is 0 Å². The van der Waals surface area contributed by atoms with Crippen molar-refractivity contribution in [2.24, 2.45) is 0 Å². The van der Waals surface area contributed by atoms with Crippen LogP contribution in [0.3, 0.4) is 0 Å². The molecule has 0 aliphatic carbocycles. The van der Waals surface area contributed by atoms with Crippen LogP contribution in [0.4, 0.5) is 0 Å². The van der Waals surface area contributed by atoms with Crippen LogP contribution in [0.2, 0.25) is 0 Å². The molecule has 1 heterocycles. The van der Waals surface area contributed by atoms with Crippen molar-refractivity contribution in [1.82, 2.24) is 4.98 Å². The first-order chi connectivity index (χ1) is 6.25. The summed E-state index contributed by atoms with van der Waals surface area (Å²) in [6.07, 6.45) is 0. The summed E-state index contributed by atoms with van der Waals surface area (Å²) in [4.78, 5) is 3.07. The Labute approximate surface area is 86.3 Å². The van der Waals surface area contributed by atoms with Crippen molar-refractivity contribution in [3.63, 3.8) is 0 Å². The molecule has 66 valence electrons. The molecule has 0 saturated carbocycles. The van der Waals surface area contributed by atoms with Crippen LogP contribution in [0, 0.1) is 0 Å². The molecular formula is C9H7NOS2. The van der Waals surface area contributed by atoms with Crippen LogP contribution in [-0.2, 0) is 0 Å². The van der Waals surface area contributed by atoms with Crippen molar-refractivity contribution in [3.05, 3.63) is 30.3 Å². The lowest BCUT2D eigenvalue weighted by Crippen LogP contribution is -1.95. The fraction of sp³-hybridized carbons (Fsp3) is 0. The SMILES string of the molecule is S=C(S)Oc1cc2ccccc2[nH]1.